The van der Waals surface area contributed by atoms with E-state index < -0.39 is 0 Å². The van der Waals surface area contributed by atoms with Gasteiger partial charge in [-0.2, -0.15) is 0 Å². The van der Waals surface area contributed by atoms with Crippen molar-refractivity contribution in [3.8, 4) is 5.75 Å². The van der Waals surface area contributed by atoms with Crippen molar-refractivity contribution in [1.29, 1.82) is 0 Å². The molecule has 140 valence electrons. The van der Waals surface area contributed by atoms with Crippen molar-refractivity contribution in [3.05, 3.63) is 81.6 Å². The molecule has 1 heterocycles. The van der Waals surface area contributed by atoms with Gasteiger partial charge in [0.2, 0.25) is 0 Å². The first-order valence-corrected chi connectivity index (χ1v) is 10.5. The van der Waals surface area contributed by atoms with Gasteiger partial charge in [0.05, 0.1) is 0 Å². The van der Waals surface area contributed by atoms with Crippen molar-refractivity contribution < 1.29 is 4.74 Å². The highest BCUT2D eigenvalue weighted by molar-refractivity contribution is 9.10. The van der Waals surface area contributed by atoms with E-state index >= 15 is 0 Å². The van der Waals surface area contributed by atoms with Crippen molar-refractivity contribution in [2.45, 2.75) is 31.0 Å². The van der Waals surface area contributed by atoms with Crippen LogP contribution in [0.1, 0.15) is 17.0 Å². The molecule has 3 aromatic rings. The summed E-state index contributed by atoms with van der Waals surface area (Å²) < 4.78 is 9.02. The third-order valence-electron chi connectivity index (χ3n) is 3.86. The lowest BCUT2D eigenvalue weighted by Crippen LogP contribution is -2.08. The Bertz CT molecular complexity index is 945. The van der Waals surface area contributed by atoms with Crippen LogP contribution in [0.3, 0.4) is 0 Å². The van der Waals surface area contributed by atoms with Gasteiger partial charge >= 0.3 is 0 Å². The molecule has 0 aliphatic carbocycles. The maximum Gasteiger partial charge on any atom is 0.191 e. The van der Waals surface area contributed by atoms with Crippen molar-refractivity contribution in [2.24, 2.45) is 0 Å². The van der Waals surface area contributed by atoms with E-state index in [2.05, 4.69) is 44.8 Å². The van der Waals surface area contributed by atoms with Crippen LogP contribution in [-0.2, 0) is 18.9 Å². The summed E-state index contributed by atoms with van der Waals surface area (Å²) in [7, 11) is 0. The van der Waals surface area contributed by atoms with E-state index in [0.717, 1.165) is 32.5 Å². The van der Waals surface area contributed by atoms with Crippen LogP contribution in [0, 0.1) is 6.92 Å². The molecule has 3 rings (SSSR count). The van der Waals surface area contributed by atoms with Crippen LogP contribution < -0.4 is 4.74 Å². The Kier molecular flexibility index (Phi) is 6.99. The van der Waals surface area contributed by atoms with Crippen molar-refractivity contribution >= 4 is 39.3 Å². The lowest BCUT2D eigenvalue weighted by Gasteiger charge is -2.11. The average Bonchev–Trinajstić information content (AvgIpc) is 3.01. The standard InChI is InChI=1S/C20H19BrClN3OS/c1-3-9-25-19(12-26-18-8-7-17(22)10-14(18)2)23-24-20(25)27-13-15-5-4-6-16(21)11-15/h3-8,10-11H,1,9,12-13H2,2H3. The number of ether oxygens (including phenoxy) is 1. The summed E-state index contributed by atoms with van der Waals surface area (Å²) in [6.45, 7) is 6.77. The van der Waals surface area contributed by atoms with E-state index in [1.165, 1.54) is 5.56 Å². The maximum atomic E-state index is 6.00. The first kappa shape index (κ1) is 20.0. The maximum absolute atomic E-state index is 6.00. The zero-order valence-corrected chi connectivity index (χ0v) is 18.0. The Balaban J connectivity index is 1.71. The van der Waals surface area contributed by atoms with Crippen molar-refractivity contribution in [3.63, 3.8) is 0 Å². The largest absolute Gasteiger partial charge is 0.485 e. The Morgan fingerprint density at radius 2 is 2.11 bits per heavy atom. The predicted octanol–water partition coefficient (Wildman–Crippen LogP) is 6.06. The van der Waals surface area contributed by atoms with Gasteiger partial charge in [-0.05, 0) is 48.4 Å². The van der Waals surface area contributed by atoms with Crippen LogP contribution in [0.4, 0.5) is 0 Å². The van der Waals surface area contributed by atoms with Crippen LogP contribution >= 0.6 is 39.3 Å². The average molecular weight is 465 g/mol. The number of rotatable bonds is 8. The van der Waals surface area contributed by atoms with E-state index in [9.17, 15) is 0 Å². The lowest BCUT2D eigenvalue weighted by molar-refractivity contribution is 0.287. The zero-order chi connectivity index (χ0) is 19.2. The highest BCUT2D eigenvalue weighted by Gasteiger charge is 2.13. The van der Waals surface area contributed by atoms with E-state index in [0.29, 0.717) is 18.2 Å². The Labute approximate surface area is 176 Å². The Morgan fingerprint density at radius 1 is 1.26 bits per heavy atom. The molecule has 4 nitrogen and oxygen atoms in total. The second-order valence-corrected chi connectivity index (χ2v) is 8.21. The minimum absolute atomic E-state index is 0.334. The number of aromatic nitrogens is 3. The molecule has 0 atom stereocenters. The van der Waals surface area contributed by atoms with E-state index in [1.54, 1.807) is 11.8 Å². The molecule has 7 heteroatoms. The molecule has 0 saturated heterocycles. The smallest absolute Gasteiger partial charge is 0.191 e. The normalized spacial score (nSPS) is 10.8. The highest BCUT2D eigenvalue weighted by Crippen LogP contribution is 2.25. The van der Waals surface area contributed by atoms with Gasteiger partial charge < -0.3 is 4.74 Å². The summed E-state index contributed by atoms with van der Waals surface area (Å²) in [5, 5.41) is 10.2. The number of hydrogen-bond donors (Lipinski definition) is 0. The SMILES string of the molecule is C=CCn1c(COc2ccc(Cl)cc2C)nnc1SCc1cccc(Br)c1. The van der Waals surface area contributed by atoms with E-state index in [-0.39, 0.29) is 0 Å². The molecule has 0 unspecified atom stereocenters. The molecule has 0 spiro atoms. The van der Waals surface area contributed by atoms with Crippen LogP contribution in [0.5, 0.6) is 5.75 Å². The second-order valence-electron chi connectivity index (χ2n) is 5.92. The topological polar surface area (TPSA) is 39.9 Å². The van der Waals surface area contributed by atoms with Crippen molar-refractivity contribution in [2.75, 3.05) is 0 Å². The molecule has 0 saturated carbocycles. The van der Waals surface area contributed by atoms with E-state index in [1.807, 2.05) is 47.9 Å². The van der Waals surface area contributed by atoms with E-state index in [4.69, 9.17) is 16.3 Å². The molecule has 0 aliphatic heterocycles. The Hall–Kier alpha value is -1.76. The zero-order valence-electron chi connectivity index (χ0n) is 14.9. The third kappa shape index (κ3) is 5.37. The van der Waals surface area contributed by atoms with Gasteiger partial charge in [0, 0.05) is 21.8 Å². The summed E-state index contributed by atoms with van der Waals surface area (Å²) in [6.07, 6.45) is 1.84. The van der Waals surface area contributed by atoms with Gasteiger partial charge in [0.1, 0.15) is 12.4 Å². The summed E-state index contributed by atoms with van der Waals surface area (Å²) in [4.78, 5) is 0. The number of allylic oxidation sites excluding steroid dienone is 1. The number of aryl methyl sites for hydroxylation is 1. The summed E-state index contributed by atoms with van der Waals surface area (Å²) in [5.74, 6) is 2.36. The molecule has 0 radical (unpaired) electrons. The van der Waals surface area contributed by atoms with Gasteiger partial charge in [0.15, 0.2) is 11.0 Å². The first-order chi connectivity index (χ1) is 13.1. The minimum Gasteiger partial charge on any atom is -0.485 e. The van der Waals surface area contributed by atoms with Gasteiger partial charge in [-0.25, -0.2) is 0 Å². The number of nitrogens with zero attached hydrogens (tertiary/aromatic N) is 3. The summed E-state index contributed by atoms with van der Waals surface area (Å²) >= 11 is 11.1. The van der Waals surface area contributed by atoms with Crippen LogP contribution in [0.15, 0.2) is 64.7 Å². The molecular weight excluding hydrogens is 446 g/mol. The molecule has 0 aliphatic rings. The fourth-order valence-corrected chi connectivity index (χ4v) is 4.12. The number of halogens is 2. The fraction of sp³-hybridized carbons (Fsp3) is 0.200. The Morgan fingerprint density at radius 3 is 2.85 bits per heavy atom. The van der Waals surface area contributed by atoms with Crippen LogP contribution in [0.2, 0.25) is 5.02 Å². The van der Waals surface area contributed by atoms with Crippen LogP contribution in [0.25, 0.3) is 0 Å². The predicted molar refractivity (Wildman–Crippen MR) is 114 cm³/mol. The van der Waals surface area contributed by atoms with Gasteiger partial charge in [-0.1, -0.05) is 57.5 Å². The molecular formula is C20H19BrClN3OS. The van der Waals surface area contributed by atoms with Gasteiger partial charge in [-0.3, -0.25) is 4.57 Å². The lowest BCUT2D eigenvalue weighted by atomic mass is 10.2. The number of thioether (sulfide) groups is 1. The highest BCUT2D eigenvalue weighted by atomic mass is 79.9. The van der Waals surface area contributed by atoms with Gasteiger partial charge in [0.25, 0.3) is 0 Å². The molecule has 27 heavy (non-hydrogen) atoms. The van der Waals surface area contributed by atoms with Crippen molar-refractivity contribution in [1.82, 2.24) is 14.8 Å². The summed E-state index contributed by atoms with van der Waals surface area (Å²) in [6, 6.07) is 13.8. The molecule has 2 aromatic carbocycles. The van der Waals surface area contributed by atoms with Crippen LogP contribution in [-0.4, -0.2) is 14.8 Å². The fourth-order valence-electron chi connectivity index (χ4n) is 2.54. The van der Waals surface area contributed by atoms with Gasteiger partial charge in [-0.15, -0.1) is 16.8 Å². The molecule has 0 bridgehead atoms. The quantitative estimate of drug-likeness (QED) is 0.300. The monoisotopic (exact) mass is 463 g/mol. The molecule has 1 aromatic heterocycles. The second kappa shape index (κ2) is 9.44. The number of benzene rings is 2. The molecule has 0 fully saturated rings. The first-order valence-electron chi connectivity index (χ1n) is 8.36. The minimum atomic E-state index is 0.334. The molecule has 0 N–H and O–H groups in total. The number of hydrogen-bond acceptors (Lipinski definition) is 4. The molecule has 0 amide bonds. The third-order valence-corrected chi connectivity index (χ3v) is 5.62. The summed E-state index contributed by atoms with van der Waals surface area (Å²) in [5.41, 5.74) is 2.21.